The number of ether oxygens (including phenoxy) is 1. The minimum absolute atomic E-state index is 0.291. The Bertz CT molecular complexity index is 513. The molecule has 0 spiro atoms. The van der Waals surface area contributed by atoms with E-state index in [1.807, 2.05) is 11.8 Å². The van der Waals surface area contributed by atoms with Crippen LogP contribution in [0.15, 0.2) is 12.1 Å². The molecule has 0 aliphatic carbocycles. The number of piperazine rings is 1. The van der Waals surface area contributed by atoms with Crippen LogP contribution in [-0.4, -0.2) is 43.6 Å². The maximum atomic E-state index is 12.3. The van der Waals surface area contributed by atoms with Crippen molar-refractivity contribution in [3.63, 3.8) is 0 Å². The van der Waals surface area contributed by atoms with Gasteiger partial charge in [0, 0.05) is 32.6 Å². The molecule has 0 radical (unpaired) electrons. The molecule has 0 bridgehead atoms. The molecule has 4 heteroatoms. The molecule has 0 saturated carbocycles. The van der Waals surface area contributed by atoms with Crippen molar-refractivity contribution in [2.24, 2.45) is 0 Å². The van der Waals surface area contributed by atoms with Crippen molar-refractivity contribution >= 4 is 5.91 Å². The van der Waals surface area contributed by atoms with Crippen molar-refractivity contribution in [1.82, 2.24) is 10.2 Å². The molecule has 1 aromatic carbocycles. The highest BCUT2D eigenvalue weighted by Gasteiger charge is 2.19. The molecule has 1 heterocycles. The van der Waals surface area contributed by atoms with E-state index in [0.29, 0.717) is 24.9 Å². The van der Waals surface area contributed by atoms with Gasteiger partial charge in [-0.15, -0.1) is 0 Å². The van der Waals surface area contributed by atoms with Crippen LogP contribution in [0.5, 0.6) is 5.75 Å². The van der Waals surface area contributed by atoms with Crippen LogP contribution in [0.3, 0.4) is 0 Å². The van der Waals surface area contributed by atoms with Gasteiger partial charge in [0.2, 0.25) is 5.91 Å². The predicted octanol–water partition coefficient (Wildman–Crippen LogP) is 3.02. The van der Waals surface area contributed by atoms with Gasteiger partial charge in [0.05, 0.1) is 6.61 Å². The van der Waals surface area contributed by atoms with Crippen LogP contribution in [-0.2, 0) is 4.79 Å². The summed E-state index contributed by atoms with van der Waals surface area (Å²) in [5.74, 6) is 1.62. The Hall–Kier alpha value is -1.55. The van der Waals surface area contributed by atoms with E-state index in [4.69, 9.17) is 4.74 Å². The third-order valence-electron chi connectivity index (χ3n) is 4.63. The lowest BCUT2D eigenvalue weighted by Crippen LogP contribution is -2.46. The van der Waals surface area contributed by atoms with E-state index in [0.717, 1.165) is 38.3 Å². The largest absolute Gasteiger partial charge is 0.494 e. The molecule has 1 fully saturated rings. The van der Waals surface area contributed by atoms with Crippen LogP contribution in [0.4, 0.5) is 0 Å². The number of hydrogen-bond acceptors (Lipinski definition) is 3. The lowest BCUT2D eigenvalue weighted by atomic mass is 9.88. The summed E-state index contributed by atoms with van der Waals surface area (Å²) in [6.07, 6.45) is 1.53. The normalized spacial score (nSPS) is 16.3. The fourth-order valence-corrected chi connectivity index (χ4v) is 3.52. The first-order valence-corrected chi connectivity index (χ1v) is 8.75. The summed E-state index contributed by atoms with van der Waals surface area (Å²) < 4.78 is 5.61. The van der Waals surface area contributed by atoms with E-state index in [1.54, 1.807) is 0 Å². The van der Waals surface area contributed by atoms with Crippen molar-refractivity contribution in [1.29, 1.82) is 0 Å². The number of nitrogens with one attached hydrogen (secondary N) is 1. The lowest BCUT2D eigenvalue weighted by molar-refractivity contribution is -0.131. The number of aryl methyl sites for hydroxylation is 2. The zero-order chi connectivity index (χ0) is 16.8. The van der Waals surface area contributed by atoms with Gasteiger partial charge in [-0.25, -0.2) is 0 Å². The second-order valence-corrected chi connectivity index (χ2v) is 6.47. The van der Waals surface area contributed by atoms with E-state index >= 15 is 0 Å². The molecule has 1 unspecified atom stereocenters. The molecule has 128 valence electrons. The van der Waals surface area contributed by atoms with E-state index in [1.165, 1.54) is 16.7 Å². The Balaban J connectivity index is 1.97. The monoisotopic (exact) mass is 318 g/mol. The number of benzene rings is 1. The number of carbonyl (C=O) groups excluding carboxylic acids is 1. The Labute approximate surface area is 140 Å². The second kappa shape index (κ2) is 8.34. The SMILES string of the molecule is CCOc1cc(C)c(C(C)CCC(=O)N2CCNCC2)c(C)c1. The maximum absolute atomic E-state index is 12.3. The van der Waals surface area contributed by atoms with Gasteiger partial charge < -0.3 is 15.0 Å². The summed E-state index contributed by atoms with van der Waals surface area (Å²) >= 11 is 0. The highest BCUT2D eigenvalue weighted by molar-refractivity contribution is 5.76. The predicted molar refractivity (Wildman–Crippen MR) is 94.2 cm³/mol. The molecule has 1 N–H and O–H groups in total. The van der Waals surface area contributed by atoms with Crippen molar-refractivity contribution in [3.8, 4) is 5.75 Å². The van der Waals surface area contributed by atoms with Gasteiger partial charge in [-0.1, -0.05) is 6.92 Å². The van der Waals surface area contributed by atoms with Gasteiger partial charge in [0.25, 0.3) is 0 Å². The smallest absolute Gasteiger partial charge is 0.222 e. The highest BCUT2D eigenvalue weighted by atomic mass is 16.5. The van der Waals surface area contributed by atoms with Gasteiger partial charge in [0.1, 0.15) is 5.75 Å². The summed E-state index contributed by atoms with van der Waals surface area (Å²) in [5, 5.41) is 3.29. The van der Waals surface area contributed by atoms with Crippen LogP contribution in [0.25, 0.3) is 0 Å². The van der Waals surface area contributed by atoms with E-state index < -0.39 is 0 Å². The lowest BCUT2D eigenvalue weighted by Gasteiger charge is -2.28. The molecule has 1 amide bonds. The van der Waals surface area contributed by atoms with Gasteiger partial charge in [-0.05, 0) is 61.9 Å². The molecule has 1 aliphatic heterocycles. The number of nitrogens with zero attached hydrogens (tertiary/aromatic N) is 1. The van der Waals surface area contributed by atoms with Gasteiger partial charge >= 0.3 is 0 Å². The van der Waals surface area contributed by atoms with Crippen molar-refractivity contribution in [2.75, 3.05) is 32.8 Å². The fraction of sp³-hybridized carbons (Fsp3) is 0.632. The summed E-state index contributed by atoms with van der Waals surface area (Å²) in [6.45, 7) is 12.7. The zero-order valence-electron chi connectivity index (χ0n) is 14.9. The first kappa shape index (κ1) is 17.8. The van der Waals surface area contributed by atoms with Gasteiger partial charge in [-0.2, -0.15) is 0 Å². The van der Waals surface area contributed by atoms with Gasteiger partial charge in [0.15, 0.2) is 0 Å². The molecule has 23 heavy (non-hydrogen) atoms. The summed E-state index contributed by atoms with van der Waals surface area (Å²) in [7, 11) is 0. The molecule has 0 aromatic heterocycles. The van der Waals surface area contributed by atoms with Crippen molar-refractivity contribution < 1.29 is 9.53 Å². The van der Waals surface area contributed by atoms with E-state index in [-0.39, 0.29) is 0 Å². The summed E-state index contributed by atoms with van der Waals surface area (Å²) in [4.78, 5) is 14.3. The van der Waals surface area contributed by atoms with Crippen LogP contribution in [0.1, 0.15) is 49.3 Å². The van der Waals surface area contributed by atoms with Crippen molar-refractivity contribution in [2.45, 2.75) is 46.5 Å². The minimum atomic E-state index is 0.291. The second-order valence-electron chi connectivity index (χ2n) is 6.47. The quantitative estimate of drug-likeness (QED) is 0.876. The standard InChI is InChI=1S/C19H30N2O2/c1-5-23-17-12-15(3)19(16(4)13-17)14(2)6-7-18(22)21-10-8-20-9-11-21/h12-14,20H,5-11H2,1-4H3. The average molecular weight is 318 g/mol. The van der Waals surface area contributed by atoms with E-state index in [9.17, 15) is 4.79 Å². The van der Waals surface area contributed by atoms with E-state index in [2.05, 4.69) is 38.2 Å². The van der Waals surface area contributed by atoms with Crippen LogP contribution >= 0.6 is 0 Å². The van der Waals surface area contributed by atoms with Crippen molar-refractivity contribution in [3.05, 3.63) is 28.8 Å². The molecule has 4 nitrogen and oxygen atoms in total. The molecule has 1 aliphatic rings. The number of hydrogen-bond donors (Lipinski definition) is 1. The maximum Gasteiger partial charge on any atom is 0.222 e. The fourth-order valence-electron chi connectivity index (χ4n) is 3.52. The number of rotatable bonds is 6. The average Bonchev–Trinajstić information content (AvgIpc) is 2.53. The molecule has 2 rings (SSSR count). The third-order valence-corrected chi connectivity index (χ3v) is 4.63. The molecule has 1 atom stereocenters. The highest BCUT2D eigenvalue weighted by Crippen LogP contribution is 2.31. The minimum Gasteiger partial charge on any atom is -0.494 e. The summed E-state index contributed by atoms with van der Waals surface area (Å²) in [6, 6.07) is 4.22. The Kier molecular flexibility index (Phi) is 6.46. The Morgan fingerprint density at radius 2 is 1.87 bits per heavy atom. The molecule has 1 aromatic rings. The zero-order valence-corrected chi connectivity index (χ0v) is 14.9. The number of carbonyl (C=O) groups is 1. The number of amides is 1. The Morgan fingerprint density at radius 1 is 1.26 bits per heavy atom. The van der Waals surface area contributed by atoms with Crippen LogP contribution in [0, 0.1) is 13.8 Å². The molecular weight excluding hydrogens is 288 g/mol. The molecular formula is C19H30N2O2. The molecule has 1 saturated heterocycles. The van der Waals surface area contributed by atoms with Crippen LogP contribution < -0.4 is 10.1 Å². The first-order valence-electron chi connectivity index (χ1n) is 8.75. The Morgan fingerprint density at radius 3 is 2.43 bits per heavy atom. The third kappa shape index (κ3) is 4.71. The van der Waals surface area contributed by atoms with Gasteiger partial charge in [-0.3, -0.25) is 4.79 Å². The first-order chi connectivity index (χ1) is 11.0. The topological polar surface area (TPSA) is 41.6 Å². The summed E-state index contributed by atoms with van der Waals surface area (Å²) in [5.41, 5.74) is 3.88. The van der Waals surface area contributed by atoms with Crippen LogP contribution in [0.2, 0.25) is 0 Å².